The van der Waals surface area contributed by atoms with Gasteiger partial charge in [-0.15, -0.1) is 13.2 Å². The number of nitrogens with one attached hydrogen (secondary N) is 1. The van der Waals surface area contributed by atoms with E-state index in [1.165, 1.54) is 41.4 Å². The number of nitrogens with zero attached hydrogens (tertiary/aromatic N) is 3. The van der Waals surface area contributed by atoms with Crippen molar-refractivity contribution in [1.29, 1.82) is 0 Å². The van der Waals surface area contributed by atoms with Crippen molar-refractivity contribution >= 4 is 44.1 Å². The second-order valence-corrected chi connectivity index (χ2v) is 11.6. The smallest absolute Gasteiger partial charge is 0.404 e. The van der Waals surface area contributed by atoms with Crippen LogP contribution in [0.25, 0.3) is 10.9 Å². The molecule has 8 nitrogen and oxygen atoms in total. The Morgan fingerprint density at radius 3 is 2.45 bits per heavy atom. The number of anilines is 1. The van der Waals surface area contributed by atoms with Gasteiger partial charge in [0.25, 0.3) is 15.9 Å². The number of sulfonamides is 1. The van der Waals surface area contributed by atoms with E-state index in [2.05, 4.69) is 14.4 Å². The molecule has 1 aliphatic heterocycles. The monoisotopic (exact) mass is 622 g/mol. The van der Waals surface area contributed by atoms with Gasteiger partial charge in [-0.3, -0.25) is 19.4 Å². The molecule has 0 unspecified atom stereocenters. The van der Waals surface area contributed by atoms with E-state index < -0.39 is 39.5 Å². The molecular weight excluding hydrogens is 600 g/mol. The Morgan fingerprint density at radius 2 is 1.74 bits per heavy atom. The van der Waals surface area contributed by atoms with Gasteiger partial charge in [-0.05, 0) is 48.0 Å². The van der Waals surface area contributed by atoms with E-state index in [1.54, 1.807) is 24.3 Å². The normalized spacial score (nSPS) is 14.6. The third-order valence-corrected chi connectivity index (χ3v) is 8.34. The lowest BCUT2D eigenvalue weighted by Gasteiger charge is -2.35. The minimum Gasteiger partial charge on any atom is -0.404 e. The zero-order valence-corrected chi connectivity index (χ0v) is 23.3. The van der Waals surface area contributed by atoms with Crippen molar-refractivity contribution in [3.8, 4) is 5.75 Å². The van der Waals surface area contributed by atoms with Crippen LogP contribution in [0.2, 0.25) is 5.02 Å². The van der Waals surface area contributed by atoms with Crippen LogP contribution in [0, 0.1) is 5.82 Å². The quantitative estimate of drug-likeness (QED) is 0.267. The van der Waals surface area contributed by atoms with Crippen molar-refractivity contribution in [2.24, 2.45) is 0 Å². The number of rotatable bonds is 7. The lowest BCUT2D eigenvalue weighted by atomic mass is 10.1. The average molecular weight is 623 g/mol. The number of carbonyl (C=O) groups excluding carboxylic acids is 1. The van der Waals surface area contributed by atoms with Crippen LogP contribution in [0.15, 0.2) is 77.8 Å². The van der Waals surface area contributed by atoms with Crippen LogP contribution in [0.3, 0.4) is 0 Å². The summed E-state index contributed by atoms with van der Waals surface area (Å²) in [6, 6.07) is 15.3. The van der Waals surface area contributed by atoms with Gasteiger partial charge in [-0.1, -0.05) is 35.9 Å². The minimum atomic E-state index is -5.16. The zero-order chi connectivity index (χ0) is 30.1. The van der Waals surface area contributed by atoms with E-state index in [4.69, 9.17) is 11.6 Å². The third-order valence-electron chi connectivity index (χ3n) is 6.63. The summed E-state index contributed by atoms with van der Waals surface area (Å²) < 4.78 is 86.3. The van der Waals surface area contributed by atoms with E-state index in [1.807, 2.05) is 4.90 Å². The van der Waals surface area contributed by atoms with Crippen LogP contribution >= 0.6 is 11.6 Å². The first-order valence-corrected chi connectivity index (χ1v) is 14.5. The van der Waals surface area contributed by atoms with Gasteiger partial charge in [0.15, 0.2) is 5.75 Å². The Kier molecular flexibility index (Phi) is 8.26. The Morgan fingerprint density at radius 1 is 1.00 bits per heavy atom. The number of halogens is 5. The summed E-state index contributed by atoms with van der Waals surface area (Å²) in [5.41, 5.74) is 0.231. The molecule has 2 heterocycles. The molecule has 5 rings (SSSR count). The SMILES string of the molecule is O=C(c1ccc(NS(=O)(=O)c2cccc3cccnc23)c(OC(F)(F)F)c1)N1CCN(Cc2ccc(Cl)c(F)c2)CC1. The highest BCUT2D eigenvalue weighted by Gasteiger charge is 2.34. The highest BCUT2D eigenvalue weighted by Crippen LogP contribution is 2.34. The maximum absolute atomic E-state index is 13.8. The van der Waals surface area contributed by atoms with Gasteiger partial charge in [0.1, 0.15) is 10.7 Å². The Bertz CT molecular complexity index is 1740. The number of piperazine rings is 1. The molecule has 42 heavy (non-hydrogen) atoms. The summed E-state index contributed by atoms with van der Waals surface area (Å²) in [5, 5.41) is 0.543. The number of carbonyl (C=O) groups is 1. The van der Waals surface area contributed by atoms with Crippen LogP contribution in [0.4, 0.5) is 23.2 Å². The maximum Gasteiger partial charge on any atom is 0.573 e. The van der Waals surface area contributed by atoms with E-state index in [9.17, 15) is 30.8 Å². The van der Waals surface area contributed by atoms with Crippen LogP contribution in [0.5, 0.6) is 5.75 Å². The van der Waals surface area contributed by atoms with Gasteiger partial charge in [0.2, 0.25) is 0 Å². The molecule has 0 atom stereocenters. The van der Waals surface area contributed by atoms with Crippen molar-refractivity contribution in [1.82, 2.24) is 14.8 Å². The van der Waals surface area contributed by atoms with Crippen LogP contribution in [-0.2, 0) is 16.6 Å². The minimum absolute atomic E-state index is 0.0208. The number of pyridine rings is 1. The highest BCUT2D eigenvalue weighted by molar-refractivity contribution is 7.93. The Hall–Kier alpha value is -3.94. The summed E-state index contributed by atoms with van der Waals surface area (Å²) in [6.45, 7) is 1.86. The molecule has 0 radical (unpaired) electrons. The first kappa shape index (κ1) is 29.5. The lowest BCUT2D eigenvalue weighted by molar-refractivity contribution is -0.274. The topological polar surface area (TPSA) is 91.8 Å². The molecule has 0 bridgehead atoms. The number of aromatic nitrogens is 1. The predicted molar refractivity (Wildman–Crippen MR) is 148 cm³/mol. The Balaban J connectivity index is 1.33. The van der Waals surface area contributed by atoms with Crippen LogP contribution < -0.4 is 9.46 Å². The van der Waals surface area contributed by atoms with E-state index >= 15 is 0 Å². The van der Waals surface area contributed by atoms with E-state index in [0.29, 0.717) is 30.6 Å². The predicted octanol–water partition coefficient (Wildman–Crippen LogP) is 5.68. The van der Waals surface area contributed by atoms with Gasteiger partial charge in [0.05, 0.1) is 16.2 Å². The number of fused-ring (bicyclic) bond motifs is 1. The standard InChI is InChI=1S/C28H23ClF4N4O4S/c29-21-8-6-18(15-22(21)30)17-36-11-13-37(14-12-36)27(38)20-7-9-23(24(16-20)41-28(31,32)33)35-42(39,40)25-5-1-3-19-4-2-10-34-26(19)25/h1-10,15-16,35H,11-14,17H2. The largest absolute Gasteiger partial charge is 0.573 e. The van der Waals surface area contributed by atoms with E-state index in [-0.39, 0.29) is 34.1 Å². The fourth-order valence-electron chi connectivity index (χ4n) is 4.63. The molecular formula is C28H23ClF4N4O4S. The average Bonchev–Trinajstić information content (AvgIpc) is 2.95. The summed E-state index contributed by atoms with van der Waals surface area (Å²) in [7, 11) is -4.40. The Labute approximate surface area is 243 Å². The fraction of sp³-hybridized carbons (Fsp3) is 0.214. The van der Waals surface area contributed by atoms with Crippen LogP contribution in [-0.4, -0.2) is 61.7 Å². The number of hydrogen-bond acceptors (Lipinski definition) is 6. The molecule has 220 valence electrons. The number of ether oxygens (including phenoxy) is 1. The van der Waals surface area contributed by atoms with E-state index in [0.717, 1.165) is 12.1 Å². The zero-order valence-electron chi connectivity index (χ0n) is 21.7. The van der Waals surface area contributed by atoms with Crippen molar-refractivity contribution in [3.05, 3.63) is 94.9 Å². The molecule has 1 amide bonds. The van der Waals surface area contributed by atoms with Crippen molar-refractivity contribution in [2.45, 2.75) is 17.8 Å². The van der Waals surface area contributed by atoms with Gasteiger partial charge >= 0.3 is 6.36 Å². The molecule has 4 aromatic rings. The first-order chi connectivity index (χ1) is 19.9. The maximum atomic E-state index is 13.8. The van der Waals surface area contributed by atoms with Crippen molar-refractivity contribution in [2.75, 3.05) is 30.9 Å². The lowest BCUT2D eigenvalue weighted by Crippen LogP contribution is -2.48. The molecule has 1 aromatic heterocycles. The second-order valence-electron chi connectivity index (χ2n) is 9.51. The van der Waals surface area contributed by atoms with Crippen molar-refractivity contribution in [3.63, 3.8) is 0 Å². The van der Waals surface area contributed by atoms with Gasteiger partial charge < -0.3 is 9.64 Å². The number of para-hydroxylation sites is 1. The summed E-state index contributed by atoms with van der Waals surface area (Å²) in [5.74, 6) is -1.96. The molecule has 1 N–H and O–H groups in total. The molecule has 0 aliphatic carbocycles. The highest BCUT2D eigenvalue weighted by atomic mass is 35.5. The van der Waals surface area contributed by atoms with Gasteiger partial charge in [-0.25, -0.2) is 12.8 Å². The molecule has 1 saturated heterocycles. The summed E-state index contributed by atoms with van der Waals surface area (Å²) in [4.78, 5) is 20.5. The fourth-order valence-corrected chi connectivity index (χ4v) is 6.00. The number of benzene rings is 3. The summed E-state index contributed by atoms with van der Waals surface area (Å²) in [6.07, 6.45) is -3.76. The molecule has 14 heteroatoms. The number of alkyl halides is 3. The number of hydrogen-bond donors (Lipinski definition) is 1. The molecule has 0 saturated carbocycles. The molecule has 1 fully saturated rings. The van der Waals surface area contributed by atoms with Gasteiger partial charge in [-0.2, -0.15) is 0 Å². The molecule has 0 spiro atoms. The molecule has 3 aromatic carbocycles. The molecule has 1 aliphatic rings. The first-order valence-electron chi connectivity index (χ1n) is 12.6. The third kappa shape index (κ3) is 6.75. The number of amides is 1. The van der Waals surface area contributed by atoms with Crippen molar-refractivity contribution < 1.29 is 35.5 Å². The van der Waals surface area contributed by atoms with Crippen LogP contribution in [0.1, 0.15) is 15.9 Å². The second kappa shape index (κ2) is 11.7. The summed E-state index contributed by atoms with van der Waals surface area (Å²) >= 11 is 5.73. The van der Waals surface area contributed by atoms with Gasteiger partial charge in [0, 0.05) is 49.9 Å².